The highest BCUT2D eigenvalue weighted by molar-refractivity contribution is 6.30. The minimum atomic E-state index is -0.143. The van der Waals surface area contributed by atoms with E-state index in [1.807, 2.05) is 6.92 Å². The second-order valence-corrected chi connectivity index (χ2v) is 8.36. The largest absolute Gasteiger partial charge is 0.364 e. The molecule has 30 heavy (non-hydrogen) atoms. The van der Waals surface area contributed by atoms with Crippen molar-refractivity contribution in [2.45, 2.75) is 26.3 Å². The molecule has 0 unspecified atom stereocenters. The van der Waals surface area contributed by atoms with Crippen molar-refractivity contribution in [2.75, 3.05) is 13.1 Å². The number of halogens is 1. The number of fused-ring (bicyclic) bond motifs is 1. The van der Waals surface area contributed by atoms with E-state index in [0.717, 1.165) is 23.4 Å². The van der Waals surface area contributed by atoms with E-state index in [0.29, 0.717) is 22.0 Å². The van der Waals surface area contributed by atoms with Gasteiger partial charge in [-0.3, -0.25) is 9.69 Å². The van der Waals surface area contributed by atoms with E-state index in [-0.39, 0.29) is 5.56 Å². The lowest BCUT2D eigenvalue weighted by Crippen LogP contribution is -2.18. The fraction of sp³-hybridized carbons (Fsp3) is 0.250. The number of aromatic amines is 1. The van der Waals surface area contributed by atoms with Gasteiger partial charge in [0.05, 0.1) is 11.3 Å². The molecular weight excluding hydrogens is 396 g/mol. The molecule has 0 amide bonds. The van der Waals surface area contributed by atoms with Crippen molar-refractivity contribution in [1.82, 2.24) is 19.7 Å². The van der Waals surface area contributed by atoms with Crippen molar-refractivity contribution >= 4 is 11.6 Å². The molecule has 0 spiro atoms. The topological polar surface area (TPSA) is 53.9 Å². The number of aromatic nitrogens is 3. The molecule has 2 aromatic rings. The predicted molar refractivity (Wildman–Crippen MR) is 121 cm³/mol. The van der Waals surface area contributed by atoms with Crippen molar-refractivity contribution in [1.29, 1.82) is 0 Å². The van der Waals surface area contributed by atoms with E-state index in [1.54, 1.807) is 30.5 Å². The SMILES string of the molecule is Cc1[nH]cc2c(=O)n(-c3ccc(Cl)cc3)nc-2c1-c1ccc(CN2CCCC2)cc1. The van der Waals surface area contributed by atoms with E-state index in [9.17, 15) is 4.79 Å². The molecular formula is C24H23ClN4O. The van der Waals surface area contributed by atoms with Gasteiger partial charge in [-0.1, -0.05) is 35.9 Å². The lowest BCUT2D eigenvalue weighted by molar-refractivity contribution is 0.331. The van der Waals surface area contributed by atoms with E-state index >= 15 is 0 Å². The number of aryl methyl sites for hydroxylation is 1. The maximum Gasteiger partial charge on any atom is 0.282 e. The molecule has 0 radical (unpaired) electrons. The highest BCUT2D eigenvalue weighted by Crippen LogP contribution is 2.33. The first-order valence-electron chi connectivity index (χ1n) is 10.3. The molecule has 5 nitrogen and oxygen atoms in total. The zero-order valence-corrected chi connectivity index (χ0v) is 17.6. The summed E-state index contributed by atoms with van der Waals surface area (Å²) in [7, 11) is 0. The quantitative estimate of drug-likeness (QED) is 0.513. The average Bonchev–Trinajstić information content (AvgIpc) is 3.37. The van der Waals surface area contributed by atoms with Gasteiger partial charge in [0.2, 0.25) is 0 Å². The molecule has 0 atom stereocenters. The molecule has 1 fully saturated rings. The molecule has 152 valence electrons. The summed E-state index contributed by atoms with van der Waals surface area (Å²) in [6, 6.07) is 15.8. The van der Waals surface area contributed by atoms with Gasteiger partial charge in [0.25, 0.3) is 5.56 Å². The number of hydrogen-bond donors (Lipinski definition) is 1. The highest BCUT2D eigenvalue weighted by atomic mass is 35.5. The van der Waals surface area contributed by atoms with Gasteiger partial charge in [-0.15, -0.1) is 0 Å². The van der Waals surface area contributed by atoms with E-state index < -0.39 is 0 Å². The molecule has 5 rings (SSSR count). The van der Waals surface area contributed by atoms with Crippen molar-refractivity contribution in [3.05, 3.63) is 81.4 Å². The Hall–Kier alpha value is -2.89. The summed E-state index contributed by atoms with van der Waals surface area (Å²) in [6.45, 7) is 5.37. The average molecular weight is 419 g/mol. The number of benzene rings is 2. The number of rotatable bonds is 4. The van der Waals surface area contributed by atoms with Gasteiger partial charge in [-0.2, -0.15) is 9.78 Å². The van der Waals surface area contributed by atoms with Crippen LogP contribution in [0.3, 0.4) is 0 Å². The molecule has 0 saturated carbocycles. The van der Waals surface area contributed by atoms with Crippen LogP contribution in [-0.4, -0.2) is 32.8 Å². The van der Waals surface area contributed by atoms with Gasteiger partial charge < -0.3 is 4.98 Å². The van der Waals surface area contributed by atoms with E-state index in [1.165, 1.54) is 36.2 Å². The summed E-state index contributed by atoms with van der Waals surface area (Å²) in [5.41, 5.74) is 6.15. The third-order valence-electron chi connectivity index (χ3n) is 5.84. The summed E-state index contributed by atoms with van der Waals surface area (Å²) in [5.74, 6) is 0. The summed E-state index contributed by atoms with van der Waals surface area (Å²) < 4.78 is 1.44. The second kappa shape index (κ2) is 7.74. The normalized spacial score (nSPS) is 14.6. The monoisotopic (exact) mass is 418 g/mol. The van der Waals surface area contributed by atoms with Crippen LogP contribution in [0.15, 0.2) is 59.5 Å². The van der Waals surface area contributed by atoms with Gasteiger partial charge in [0.1, 0.15) is 5.69 Å². The van der Waals surface area contributed by atoms with Crippen molar-refractivity contribution in [3.8, 4) is 28.1 Å². The first-order chi connectivity index (χ1) is 14.6. The van der Waals surface area contributed by atoms with Crippen molar-refractivity contribution in [3.63, 3.8) is 0 Å². The summed E-state index contributed by atoms with van der Waals surface area (Å²) in [4.78, 5) is 18.7. The maximum absolute atomic E-state index is 13.0. The van der Waals surface area contributed by atoms with Gasteiger partial charge in [-0.25, -0.2) is 0 Å². The number of hydrogen-bond acceptors (Lipinski definition) is 3. The summed E-state index contributed by atoms with van der Waals surface area (Å²) in [5, 5.41) is 5.31. The number of H-pyrrole nitrogens is 1. The number of nitrogens with one attached hydrogen (secondary N) is 1. The molecule has 3 aliphatic rings. The number of likely N-dealkylation sites (tertiary alicyclic amines) is 1. The van der Waals surface area contributed by atoms with Crippen LogP contribution in [0.2, 0.25) is 5.02 Å². The van der Waals surface area contributed by atoms with Crippen LogP contribution >= 0.6 is 11.6 Å². The van der Waals surface area contributed by atoms with Crippen molar-refractivity contribution < 1.29 is 0 Å². The fourth-order valence-electron chi connectivity index (χ4n) is 4.25. The molecule has 0 bridgehead atoms. The smallest absolute Gasteiger partial charge is 0.282 e. The lowest BCUT2D eigenvalue weighted by atomic mass is 9.98. The number of nitrogens with zero attached hydrogens (tertiary/aromatic N) is 3. The van der Waals surface area contributed by atoms with Crippen LogP contribution in [0.5, 0.6) is 0 Å². The number of pyridine rings is 1. The van der Waals surface area contributed by atoms with Crippen LogP contribution in [0.1, 0.15) is 24.1 Å². The predicted octanol–water partition coefficient (Wildman–Crippen LogP) is 4.89. The first kappa shape index (κ1) is 19.1. The van der Waals surface area contributed by atoms with Crippen molar-refractivity contribution in [2.24, 2.45) is 0 Å². The van der Waals surface area contributed by atoms with E-state index in [2.05, 4.69) is 39.2 Å². The fourth-order valence-corrected chi connectivity index (χ4v) is 4.37. The second-order valence-electron chi connectivity index (χ2n) is 7.92. The Kier molecular flexibility index (Phi) is 4.93. The Bertz CT molecular complexity index is 1200. The third-order valence-corrected chi connectivity index (χ3v) is 6.09. The Morgan fingerprint density at radius 2 is 1.73 bits per heavy atom. The van der Waals surface area contributed by atoms with Crippen LogP contribution in [0, 0.1) is 6.92 Å². The van der Waals surface area contributed by atoms with Gasteiger partial charge in [0.15, 0.2) is 0 Å². The standard InChI is InChI=1S/C24H23ClN4O/c1-16-22(18-6-4-17(5-7-18)15-28-12-2-3-13-28)23-21(14-26-16)24(30)29(27-23)20-10-8-19(25)9-11-20/h4-11,14,26H,2-3,12-13,15H2,1H3. The maximum atomic E-state index is 13.0. The molecule has 1 saturated heterocycles. The van der Waals surface area contributed by atoms with Crippen LogP contribution < -0.4 is 5.56 Å². The Balaban J connectivity index is 1.55. The molecule has 2 aromatic carbocycles. The lowest BCUT2D eigenvalue weighted by Gasteiger charge is -2.15. The summed E-state index contributed by atoms with van der Waals surface area (Å²) >= 11 is 5.99. The first-order valence-corrected chi connectivity index (χ1v) is 10.7. The Morgan fingerprint density at radius 3 is 2.43 bits per heavy atom. The third kappa shape index (κ3) is 3.44. The molecule has 3 aliphatic heterocycles. The van der Waals surface area contributed by atoms with Crippen LogP contribution in [0.25, 0.3) is 28.1 Å². The molecule has 0 aromatic heterocycles. The molecule has 3 heterocycles. The Morgan fingerprint density at radius 1 is 1.03 bits per heavy atom. The zero-order chi connectivity index (χ0) is 20.7. The Labute approximate surface area is 180 Å². The zero-order valence-electron chi connectivity index (χ0n) is 16.9. The van der Waals surface area contributed by atoms with Crippen LogP contribution in [0.4, 0.5) is 0 Å². The van der Waals surface area contributed by atoms with Gasteiger partial charge in [0, 0.05) is 29.0 Å². The summed E-state index contributed by atoms with van der Waals surface area (Å²) in [6.07, 6.45) is 4.34. The van der Waals surface area contributed by atoms with Gasteiger partial charge in [-0.05, 0) is 68.2 Å². The molecule has 0 aliphatic carbocycles. The highest BCUT2D eigenvalue weighted by Gasteiger charge is 2.22. The molecule has 6 heteroatoms. The molecule has 1 N–H and O–H groups in total. The minimum Gasteiger partial charge on any atom is -0.364 e. The van der Waals surface area contributed by atoms with Gasteiger partial charge >= 0.3 is 0 Å². The minimum absolute atomic E-state index is 0.143. The van der Waals surface area contributed by atoms with E-state index in [4.69, 9.17) is 11.6 Å². The van der Waals surface area contributed by atoms with Crippen LogP contribution in [-0.2, 0) is 6.54 Å².